The first-order valence-corrected chi connectivity index (χ1v) is 10.5. The van der Waals surface area contributed by atoms with Gasteiger partial charge in [-0.15, -0.1) is 0 Å². The van der Waals surface area contributed by atoms with Gasteiger partial charge in [-0.2, -0.15) is 4.98 Å². The number of nitrogens with two attached hydrogens (primary N) is 1. The molecule has 1 aliphatic rings. The molecule has 1 amide bonds. The van der Waals surface area contributed by atoms with Crippen molar-refractivity contribution in [2.75, 3.05) is 51.0 Å². The Morgan fingerprint density at radius 2 is 1.66 bits per heavy atom. The van der Waals surface area contributed by atoms with E-state index in [1.165, 1.54) is 0 Å². The van der Waals surface area contributed by atoms with Crippen LogP contribution in [0.3, 0.4) is 0 Å². The van der Waals surface area contributed by atoms with Gasteiger partial charge in [-0.05, 0) is 24.6 Å². The summed E-state index contributed by atoms with van der Waals surface area (Å²) >= 11 is 0. The number of benzene rings is 2. The van der Waals surface area contributed by atoms with Crippen LogP contribution >= 0.6 is 0 Å². The second kappa shape index (κ2) is 9.13. The summed E-state index contributed by atoms with van der Waals surface area (Å²) < 4.78 is 10.7. The monoisotopic (exact) mass is 433 g/mol. The maximum Gasteiger partial charge on any atom is 0.249 e. The second-order valence-corrected chi connectivity index (χ2v) is 7.65. The van der Waals surface area contributed by atoms with Crippen LogP contribution in [0.2, 0.25) is 0 Å². The summed E-state index contributed by atoms with van der Waals surface area (Å²) in [5.41, 5.74) is 8.64. The van der Waals surface area contributed by atoms with E-state index in [9.17, 15) is 4.79 Å². The Morgan fingerprint density at radius 1 is 1.00 bits per heavy atom. The van der Waals surface area contributed by atoms with Gasteiger partial charge in [0.25, 0.3) is 0 Å². The molecule has 0 unspecified atom stereocenters. The number of methoxy groups -OCH3 is 2. The van der Waals surface area contributed by atoms with Gasteiger partial charge in [-0.25, -0.2) is 4.98 Å². The van der Waals surface area contributed by atoms with Crippen LogP contribution in [0.25, 0.3) is 17.0 Å². The minimum atomic E-state index is 0.0456. The third-order valence-electron chi connectivity index (χ3n) is 5.59. The molecule has 0 spiro atoms. The lowest BCUT2D eigenvalue weighted by Crippen LogP contribution is -2.49. The zero-order valence-electron chi connectivity index (χ0n) is 18.5. The van der Waals surface area contributed by atoms with E-state index in [1.54, 1.807) is 26.4 Å². The van der Waals surface area contributed by atoms with Crippen molar-refractivity contribution in [2.24, 2.45) is 0 Å². The zero-order valence-corrected chi connectivity index (χ0v) is 18.5. The Balaban J connectivity index is 1.49. The van der Waals surface area contributed by atoms with Crippen molar-refractivity contribution in [2.45, 2.75) is 6.92 Å². The molecule has 4 rings (SSSR count). The minimum Gasteiger partial charge on any atom is -0.493 e. The lowest BCUT2D eigenvalue weighted by molar-refractivity contribution is -0.127. The number of piperazine rings is 1. The normalized spacial score (nSPS) is 14.5. The predicted octanol–water partition coefficient (Wildman–Crippen LogP) is 2.98. The number of carbonyl (C=O) groups excluding carboxylic acids is 1. The molecule has 2 aromatic carbocycles. The Kier molecular flexibility index (Phi) is 6.11. The fraction of sp³-hybridized carbons (Fsp3) is 0.292. The van der Waals surface area contributed by atoms with Crippen LogP contribution in [0.15, 0.2) is 48.0 Å². The first kappa shape index (κ1) is 21.4. The largest absolute Gasteiger partial charge is 0.493 e. The third-order valence-corrected chi connectivity index (χ3v) is 5.59. The molecule has 8 nitrogen and oxygen atoms in total. The number of carbonyl (C=O) groups is 1. The molecule has 0 atom stereocenters. The van der Waals surface area contributed by atoms with Gasteiger partial charge < -0.3 is 25.0 Å². The number of fused-ring (bicyclic) bond motifs is 1. The number of nitrogens with zero attached hydrogens (tertiary/aromatic N) is 4. The molecule has 0 bridgehead atoms. The van der Waals surface area contributed by atoms with Gasteiger partial charge in [0.05, 0.1) is 19.7 Å². The molecule has 166 valence electrons. The summed E-state index contributed by atoms with van der Waals surface area (Å²) in [4.78, 5) is 26.0. The summed E-state index contributed by atoms with van der Waals surface area (Å²) in [5, 5.41) is 0.710. The first-order valence-electron chi connectivity index (χ1n) is 10.5. The number of amides is 1. The van der Waals surface area contributed by atoms with Crippen molar-refractivity contribution in [3.8, 4) is 11.5 Å². The van der Waals surface area contributed by atoms with E-state index in [4.69, 9.17) is 15.2 Å². The Labute approximate surface area is 187 Å². The van der Waals surface area contributed by atoms with E-state index in [0.717, 1.165) is 11.1 Å². The summed E-state index contributed by atoms with van der Waals surface area (Å²) in [6.07, 6.45) is 1.92. The van der Waals surface area contributed by atoms with Gasteiger partial charge in [-0.3, -0.25) is 4.79 Å². The lowest BCUT2D eigenvalue weighted by Gasteiger charge is -2.35. The maximum atomic E-state index is 12.9. The molecular weight excluding hydrogens is 406 g/mol. The molecule has 2 heterocycles. The van der Waals surface area contributed by atoms with E-state index in [-0.39, 0.29) is 5.91 Å². The molecule has 1 saturated heterocycles. The van der Waals surface area contributed by atoms with Crippen LogP contribution in [-0.2, 0) is 4.79 Å². The van der Waals surface area contributed by atoms with Crippen molar-refractivity contribution in [3.63, 3.8) is 0 Å². The Morgan fingerprint density at radius 3 is 2.31 bits per heavy atom. The average Bonchev–Trinajstić information content (AvgIpc) is 2.83. The lowest BCUT2D eigenvalue weighted by atomic mass is 10.1. The van der Waals surface area contributed by atoms with Crippen LogP contribution in [0.1, 0.15) is 12.5 Å². The molecule has 2 N–H and O–H groups in total. The van der Waals surface area contributed by atoms with Crippen LogP contribution < -0.4 is 20.1 Å². The number of hydrogen-bond acceptors (Lipinski definition) is 7. The van der Waals surface area contributed by atoms with Crippen LogP contribution in [0, 0.1) is 0 Å². The van der Waals surface area contributed by atoms with Crippen molar-refractivity contribution in [3.05, 3.63) is 53.6 Å². The number of anilines is 2. The Hall–Kier alpha value is -3.81. The van der Waals surface area contributed by atoms with E-state index in [0.29, 0.717) is 60.3 Å². The number of hydrogen-bond donors (Lipinski definition) is 1. The van der Waals surface area contributed by atoms with E-state index < -0.39 is 0 Å². The molecule has 0 saturated carbocycles. The fourth-order valence-electron chi connectivity index (χ4n) is 3.83. The van der Waals surface area contributed by atoms with Crippen LogP contribution in [0.5, 0.6) is 11.5 Å². The molecule has 1 aliphatic heterocycles. The summed E-state index contributed by atoms with van der Waals surface area (Å²) in [7, 11) is 3.16. The molecule has 1 aromatic heterocycles. The standard InChI is InChI=1S/C24H27N5O3/c1-16(13-17-7-5-4-6-8-17)23(30)28-9-11-29(12-10-28)24-26-19-15-21(32-3)20(31-2)14-18(19)22(25)27-24/h4-8,13-15H,9-12H2,1-3H3,(H2,25,26,27)/b16-13+. The summed E-state index contributed by atoms with van der Waals surface area (Å²) in [6.45, 7) is 4.29. The third kappa shape index (κ3) is 4.30. The zero-order chi connectivity index (χ0) is 22.7. The number of aromatic nitrogens is 2. The first-order chi connectivity index (χ1) is 15.5. The van der Waals surface area contributed by atoms with Gasteiger partial charge in [0.15, 0.2) is 11.5 Å². The van der Waals surface area contributed by atoms with Gasteiger partial charge in [0.2, 0.25) is 11.9 Å². The number of ether oxygens (including phenoxy) is 2. The number of nitrogen functional groups attached to an aromatic ring is 1. The molecule has 32 heavy (non-hydrogen) atoms. The van der Waals surface area contributed by atoms with Crippen molar-refractivity contribution >= 4 is 34.7 Å². The van der Waals surface area contributed by atoms with Crippen molar-refractivity contribution < 1.29 is 14.3 Å². The second-order valence-electron chi connectivity index (χ2n) is 7.65. The SMILES string of the molecule is COc1cc2nc(N3CCN(C(=O)/C(C)=C/c4ccccc4)CC3)nc(N)c2cc1OC. The van der Waals surface area contributed by atoms with Gasteiger partial charge in [0.1, 0.15) is 5.82 Å². The fourth-order valence-corrected chi connectivity index (χ4v) is 3.83. The van der Waals surface area contributed by atoms with Crippen molar-refractivity contribution in [1.82, 2.24) is 14.9 Å². The summed E-state index contributed by atoms with van der Waals surface area (Å²) in [5.74, 6) is 2.13. The van der Waals surface area contributed by atoms with Gasteiger partial charge >= 0.3 is 0 Å². The molecule has 0 aliphatic carbocycles. The highest BCUT2D eigenvalue weighted by Crippen LogP contribution is 2.34. The van der Waals surface area contributed by atoms with Crippen LogP contribution in [-0.4, -0.2) is 61.2 Å². The predicted molar refractivity (Wildman–Crippen MR) is 126 cm³/mol. The van der Waals surface area contributed by atoms with Crippen molar-refractivity contribution in [1.29, 1.82) is 0 Å². The topological polar surface area (TPSA) is 93.8 Å². The summed E-state index contributed by atoms with van der Waals surface area (Å²) in [6, 6.07) is 13.4. The average molecular weight is 434 g/mol. The molecule has 0 radical (unpaired) electrons. The Bertz CT molecular complexity index is 1160. The molecular formula is C24H27N5O3. The quantitative estimate of drug-likeness (QED) is 0.618. The molecule has 3 aromatic rings. The van der Waals surface area contributed by atoms with Gasteiger partial charge in [-0.1, -0.05) is 30.3 Å². The highest BCUT2D eigenvalue weighted by atomic mass is 16.5. The maximum absolute atomic E-state index is 12.9. The van der Waals surface area contributed by atoms with E-state index >= 15 is 0 Å². The van der Waals surface area contributed by atoms with Gasteiger partial charge in [0, 0.05) is 43.2 Å². The number of rotatable bonds is 5. The molecule has 8 heteroatoms. The highest BCUT2D eigenvalue weighted by Gasteiger charge is 2.24. The molecule has 1 fully saturated rings. The highest BCUT2D eigenvalue weighted by molar-refractivity contribution is 5.97. The van der Waals surface area contributed by atoms with E-state index in [2.05, 4.69) is 9.97 Å². The van der Waals surface area contributed by atoms with E-state index in [1.807, 2.05) is 53.1 Å². The smallest absolute Gasteiger partial charge is 0.249 e. The van der Waals surface area contributed by atoms with Crippen LogP contribution in [0.4, 0.5) is 11.8 Å². The minimum absolute atomic E-state index is 0.0456.